The minimum atomic E-state index is -1.13. The normalized spacial score (nSPS) is 9.95. The van der Waals surface area contributed by atoms with Crippen LogP contribution >= 0.6 is 23.4 Å². The number of carbonyl (C=O) groups excluding carboxylic acids is 2. The zero-order valence-electron chi connectivity index (χ0n) is 11.1. The maximum absolute atomic E-state index is 11.5. The number of halogens is 1. The number of aliphatic carboxylic acids is 1. The Labute approximate surface area is 131 Å². The van der Waals surface area contributed by atoms with Gasteiger partial charge in [-0.1, -0.05) is 11.6 Å². The van der Waals surface area contributed by atoms with E-state index in [1.165, 1.54) is 11.8 Å². The number of carboxylic acids is 1. The summed E-state index contributed by atoms with van der Waals surface area (Å²) in [7, 11) is 0. The summed E-state index contributed by atoms with van der Waals surface area (Å²) in [5.74, 6) is -1.35. The summed E-state index contributed by atoms with van der Waals surface area (Å²) >= 11 is 7.27. The van der Waals surface area contributed by atoms with E-state index in [0.717, 1.165) is 4.90 Å². The van der Waals surface area contributed by atoms with Gasteiger partial charge in [-0.15, -0.1) is 11.8 Å². The van der Waals surface area contributed by atoms with Crippen LogP contribution < -0.4 is 10.6 Å². The van der Waals surface area contributed by atoms with Gasteiger partial charge < -0.3 is 15.7 Å². The molecule has 3 N–H and O–H groups in total. The second-order valence-electron chi connectivity index (χ2n) is 4.00. The van der Waals surface area contributed by atoms with Crippen LogP contribution in [0, 0.1) is 0 Å². The van der Waals surface area contributed by atoms with Crippen LogP contribution in [0.5, 0.6) is 0 Å². The highest BCUT2D eigenvalue weighted by atomic mass is 35.5. The van der Waals surface area contributed by atoms with E-state index in [1.54, 1.807) is 12.1 Å². The Kier molecular flexibility index (Phi) is 7.63. The number of thioether (sulfide) groups is 1. The van der Waals surface area contributed by atoms with E-state index >= 15 is 0 Å². The van der Waals surface area contributed by atoms with Crippen LogP contribution in [0.15, 0.2) is 29.2 Å². The molecule has 0 fully saturated rings. The molecule has 0 heterocycles. The van der Waals surface area contributed by atoms with E-state index in [1.807, 2.05) is 12.1 Å². The first-order valence-electron chi connectivity index (χ1n) is 6.11. The Morgan fingerprint density at radius 1 is 1.05 bits per heavy atom. The molecule has 0 bridgehead atoms. The highest BCUT2D eigenvalue weighted by Gasteiger charge is 2.07. The van der Waals surface area contributed by atoms with Crippen molar-refractivity contribution in [1.82, 2.24) is 10.6 Å². The van der Waals surface area contributed by atoms with Crippen LogP contribution in [0.1, 0.15) is 6.42 Å². The molecule has 0 saturated heterocycles. The van der Waals surface area contributed by atoms with E-state index < -0.39 is 18.4 Å². The molecular weight excluding hydrogens is 316 g/mol. The third-order valence-corrected chi connectivity index (χ3v) is 3.56. The quantitative estimate of drug-likeness (QED) is 0.621. The van der Waals surface area contributed by atoms with Gasteiger partial charge in [-0.2, -0.15) is 0 Å². The topological polar surface area (TPSA) is 95.5 Å². The minimum absolute atomic E-state index is 0.224. The number of nitrogens with one attached hydrogen (secondary N) is 2. The molecule has 0 atom stereocenters. The minimum Gasteiger partial charge on any atom is -0.480 e. The van der Waals surface area contributed by atoms with Gasteiger partial charge in [-0.05, 0) is 24.3 Å². The van der Waals surface area contributed by atoms with Crippen molar-refractivity contribution in [2.75, 3.05) is 18.8 Å². The zero-order valence-corrected chi connectivity index (χ0v) is 12.7. The Balaban J connectivity index is 2.15. The zero-order chi connectivity index (χ0) is 15.7. The standard InChI is InChI=1S/C13H15ClN2O4S/c14-9-1-3-10(4-2-9)21-6-5-11(17)15-7-12(18)16-8-13(19)20/h1-4H,5-8H2,(H,15,17)(H,16,18)(H,19,20). The van der Waals surface area contributed by atoms with Gasteiger partial charge in [0, 0.05) is 22.1 Å². The highest BCUT2D eigenvalue weighted by Crippen LogP contribution is 2.20. The number of benzene rings is 1. The first-order valence-corrected chi connectivity index (χ1v) is 7.47. The van der Waals surface area contributed by atoms with Crippen molar-refractivity contribution in [2.24, 2.45) is 0 Å². The van der Waals surface area contributed by atoms with Crippen molar-refractivity contribution in [3.05, 3.63) is 29.3 Å². The second kappa shape index (κ2) is 9.25. The maximum atomic E-state index is 11.5. The molecule has 0 saturated carbocycles. The smallest absolute Gasteiger partial charge is 0.322 e. The molecule has 6 nitrogen and oxygen atoms in total. The van der Waals surface area contributed by atoms with Crippen LogP contribution in [-0.4, -0.2) is 41.7 Å². The molecule has 1 aromatic carbocycles. The Morgan fingerprint density at radius 2 is 1.67 bits per heavy atom. The van der Waals surface area contributed by atoms with Crippen LogP contribution in [0.3, 0.4) is 0 Å². The monoisotopic (exact) mass is 330 g/mol. The van der Waals surface area contributed by atoms with Gasteiger partial charge >= 0.3 is 5.97 Å². The molecule has 0 aromatic heterocycles. The van der Waals surface area contributed by atoms with Crippen molar-refractivity contribution >= 4 is 41.1 Å². The number of carbonyl (C=O) groups is 3. The Morgan fingerprint density at radius 3 is 2.29 bits per heavy atom. The average molecular weight is 331 g/mol. The van der Waals surface area contributed by atoms with E-state index in [-0.39, 0.29) is 18.9 Å². The third kappa shape index (κ3) is 8.21. The molecule has 0 aliphatic rings. The first-order chi connectivity index (χ1) is 9.97. The molecule has 8 heteroatoms. The number of hydrogen-bond acceptors (Lipinski definition) is 4. The van der Waals surface area contributed by atoms with Crippen molar-refractivity contribution in [3.63, 3.8) is 0 Å². The molecule has 2 amide bonds. The number of hydrogen-bond donors (Lipinski definition) is 3. The van der Waals surface area contributed by atoms with Crippen LogP contribution in [-0.2, 0) is 14.4 Å². The number of rotatable bonds is 8. The SMILES string of the molecule is O=C(O)CNC(=O)CNC(=O)CCSc1ccc(Cl)cc1. The summed E-state index contributed by atoms with van der Waals surface area (Å²) in [6.07, 6.45) is 0.263. The van der Waals surface area contributed by atoms with E-state index in [4.69, 9.17) is 16.7 Å². The maximum Gasteiger partial charge on any atom is 0.322 e. The Bertz CT molecular complexity index is 507. The van der Waals surface area contributed by atoms with Gasteiger partial charge in [0.25, 0.3) is 0 Å². The largest absolute Gasteiger partial charge is 0.480 e. The fourth-order valence-electron chi connectivity index (χ4n) is 1.30. The van der Waals surface area contributed by atoms with Crippen LogP contribution in [0.25, 0.3) is 0 Å². The molecular formula is C13H15ClN2O4S. The Hall–Kier alpha value is -1.73. The van der Waals surface area contributed by atoms with Crippen LogP contribution in [0.2, 0.25) is 5.02 Å². The second-order valence-corrected chi connectivity index (χ2v) is 5.60. The molecule has 1 rings (SSSR count). The first kappa shape index (κ1) is 17.3. The van der Waals surface area contributed by atoms with Crippen molar-refractivity contribution in [2.45, 2.75) is 11.3 Å². The van der Waals surface area contributed by atoms with Crippen molar-refractivity contribution < 1.29 is 19.5 Å². The van der Waals surface area contributed by atoms with Crippen LogP contribution in [0.4, 0.5) is 0 Å². The summed E-state index contributed by atoms with van der Waals surface area (Å²) in [5.41, 5.74) is 0. The van der Waals surface area contributed by atoms with Gasteiger partial charge in [0.15, 0.2) is 0 Å². The fraction of sp³-hybridized carbons (Fsp3) is 0.308. The van der Waals surface area contributed by atoms with E-state index in [9.17, 15) is 14.4 Å². The average Bonchev–Trinajstić information content (AvgIpc) is 2.45. The number of amides is 2. The predicted octanol–water partition coefficient (Wildman–Crippen LogP) is 1.14. The molecule has 0 aliphatic heterocycles. The summed E-state index contributed by atoms with van der Waals surface area (Å²) in [6.45, 7) is -0.682. The van der Waals surface area contributed by atoms with Gasteiger partial charge in [0.2, 0.25) is 11.8 Å². The lowest BCUT2D eigenvalue weighted by Crippen LogP contribution is -2.39. The van der Waals surface area contributed by atoms with E-state index in [2.05, 4.69) is 10.6 Å². The van der Waals surface area contributed by atoms with Crippen molar-refractivity contribution in [3.8, 4) is 0 Å². The highest BCUT2D eigenvalue weighted by molar-refractivity contribution is 7.99. The summed E-state index contributed by atoms with van der Waals surface area (Å²) in [4.78, 5) is 33.9. The molecule has 0 unspecified atom stereocenters. The van der Waals surface area contributed by atoms with Gasteiger partial charge in [0.1, 0.15) is 6.54 Å². The predicted molar refractivity (Wildman–Crippen MR) is 80.4 cm³/mol. The summed E-state index contributed by atoms with van der Waals surface area (Å²) < 4.78 is 0. The van der Waals surface area contributed by atoms with Crippen molar-refractivity contribution in [1.29, 1.82) is 0 Å². The molecule has 0 spiro atoms. The molecule has 1 aromatic rings. The van der Waals surface area contributed by atoms with E-state index in [0.29, 0.717) is 10.8 Å². The number of carboxylic acid groups (broad SMARTS) is 1. The summed E-state index contributed by atoms with van der Waals surface area (Å²) in [5, 5.41) is 13.6. The lowest BCUT2D eigenvalue weighted by Gasteiger charge is -2.05. The van der Waals surface area contributed by atoms with Gasteiger partial charge in [-0.25, -0.2) is 0 Å². The molecule has 114 valence electrons. The fourth-order valence-corrected chi connectivity index (χ4v) is 2.27. The molecule has 0 radical (unpaired) electrons. The van der Waals surface area contributed by atoms with Gasteiger partial charge in [0.05, 0.1) is 6.54 Å². The summed E-state index contributed by atoms with van der Waals surface area (Å²) in [6, 6.07) is 7.28. The third-order valence-electron chi connectivity index (χ3n) is 2.29. The molecule has 0 aliphatic carbocycles. The molecule has 21 heavy (non-hydrogen) atoms. The van der Waals surface area contributed by atoms with Gasteiger partial charge in [-0.3, -0.25) is 14.4 Å². The lowest BCUT2D eigenvalue weighted by atomic mass is 10.4. The lowest BCUT2D eigenvalue weighted by molar-refractivity contribution is -0.137.